The summed E-state index contributed by atoms with van der Waals surface area (Å²) in [6.45, 7) is 4.43. The summed E-state index contributed by atoms with van der Waals surface area (Å²) in [4.78, 5) is 0. The van der Waals surface area contributed by atoms with E-state index in [-0.39, 0.29) is 11.2 Å². The summed E-state index contributed by atoms with van der Waals surface area (Å²) in [5.74, 6) is 0.887. The molecule has 0 aromatic heterocycles. The lowest BCUT2D eigenvalue weighted by atomic mass is 9.90. The fourth-order valence-electron chi connectivity index (χ4n) is 3.13. The maximum Gasteiger partial charge on any atom is 0.209 e. The van der Waals surface area contributed by atoms with Crippen LogP contribution in [-0.2, 0) is 10.0 Å². The number of hydrogen-bond acceptors (Lipinski definition) is 3. The molecule has 1 aromatic rings. The molecular weight excluding hydrogens is 274 g/mol. The second-order valence-corrected chi connectivity index (χ2v) is 7.64. The zero-order chi connectivity index (χ0) is 14.8. The van der Waals surface area contributed by atoms with Crippen LogP contribution < -0.4 is 9.88 Å². The Bertz CT molecular complexity index is 555. The van der Waals surface area contributed by atoms with Crippen molar-refractivity contribution in [1.82, 2.24) is 0 Å². The Morgan fingerprint density at radius 3 is 2.25 bits per heavy atom. The van der Waals surface area contributed by atoms with Gasteiger partial charge in [-0.3, -0.25) is 0 Å². The molecule has 2 N–H and O–H groups in total. The van der Waals surface area contributed by atoms with Gasteiger partial charge in [0.2, 0.25) is 10.0 Å². The number of ether oxygens (including phenoxy) is 1. The van der Waals surface area contributed by atoms with Crippen molar-refractivity contribution in [3.05, 3.63) is 29.3 Å². The Balaban J connectivity index is 2.14. The Labute approximate surface area is 121 Å². The molecule has 0 saturated heterocycles. The molecular formula is C15H23NO3S. The molecule has 1 aromatic carbocycles. The number of benzene rings is 1. The standard InChI is InChI=1S/C15H23NO3S/c1-12-6-5-7-13(2)14(12)19-10-15(8-3-4-9-15)11-20(16,17)18/h5-7H,3-4,8-11H2,1-2H3,(H2,16,17,18). The molecule has 1 aliphatic carbocycles. The summed E-state index contributed by atoms with van der Waals surface area (Å²) in [7, 11) is -3.47. The van der Waals surface area contributed by atoms with Crippen LogP contribution in [0.1, 0.15) is 36.8 Å². The quantitative estimate of drug-likeness (QED) is 0.908. The third-order valence-corrected chi connectivity index (χ3v) is 5.12. The van der Waals surface area contributed by atoms with Crippen molar-refractivity contribution in [3.63, 3.8) is 0 Å². The van der Waals surface area contributed by atoms with Crippen LogP contribution in [0.25, 0.3) is 0 Å². The number of nitrogens with two attached hydrogens (primary N) is 1. The van der Waals surface area contributed by atoms with Gasteiger partial charge in [-0.05, 0) is 37.8 Å². The van der Waals surface area contributed by atoms with Gasteiger partial charge in [-0.25, -0.2) is 13.6 Å². The molecule has 0 heterocycles. The molecule has 0 aliphatic heterocycles. The van der Waals surface area contributed by atoms with Crippen LogP contribution in [-0.4, -0.2) is 20.8 Å². The molecule has 4 nitrogen and oxygen atoms in total. The lowest BCUT2D eigenvalue weighted by Crippen LogP contribution is -2.36. The molecule has 0 amide bonds. The fourth-order valence-corrected chi connectivity index (χ4v) is 4.36. The Morgan fingerprint density at radius 2 is 1.75 bits per heavy atom. The van der Waals surface area contributed by atoms with E-state index in [1.54, 1.807) is 0 Å². The predicted octanol–water partition coefficient (Wildman–Crippen LogP) is 2.53. The molecule has 1 fully saturated rings. The summed E-state index contributed by atoms with van der Waals surface area (Å²) in [6, 6.07) is 6.00. The van der Waals surface area contributed by atoms with Crippen LogP contribution in [0.5, 0.6) is 5.75 Å². The van der Waals surface area contributed by atoms with Crippen molar-refractivity contribution in [2.24, 2.45) is 10.6 Å². The Hall–Kier alpha value is -1.07. The van der Waals surface area contributed by atoms with E-state index >= 15 is 0 Å². The van der Waals surface area contributed by atoms with Crippen LogP contribution in [0.4, 0.5) is 0 Å². The first kappa shape index (κ1) is 15.3. The molecule has 1 aliphatic rings. The number of rotatable bonds is 5. The lowest BCUT2D eigenvalue weighted by Gasteiger charge is -2.28. The second-order valence-electron chi connectivity index (χ2n) is 6.02. The van der Waals surface area contributed by atoms with Gasteiger partial charge in [0.15, 0.2) is 0 Å². The van der Waals surface area contributed by atoms with E-state index in [4.69, 9.17) is 9.88 Å². The third kappa shape index (κ3) is 3.73. The van der Waals surface area contributed by atoms with Crippen molar-refractivity contribution in [3.8, 4) is 5.75 Å². The molecule has 112 valence electrons. The lowest BCUT2D eigenvalue weighted by molar-refractivity contribution is 0.169. The highest BCUT2D eigenvalue weighted by Gasteiger charge is 2.38. The molecule has 5 heteroatoms. The predicted molar refractivity (Wildman–Crippen MR) is 80.3 cm³/mol. The van der Waals surface area contributed by atoms with Crippen molar-refractivity contribution < 1.29 is 13.2 Å². The average Bonchev–Trinajstić information content (AvgIpc) is 2.75. The highest BCUT2D eigenvalue weighted by Crippen LogP contribution is 2.40. The topological polar surface area (TPSA) is 69.4 Å². The van der Waals surface area contributed by atoms with E-state index in [2.05, 4.69) is 0 Å². The number of para-hydroxylation sites is 1. The first-order valence-electron chi connectivity index (χ1n) is 7.01. The van der Waals surface area contributed by atoms with Gasteiger partial charge < -0.3 is 4.74 Å². The van der Waals surface area contributed by atoms with Gasteiger partial charge in [-0.1, -0.05) is 31.0 Å². The first-order valence-corrected chi connectivity index (χ1v) is 8.72. The molecule has 2 rings (SSSR count). The van der Waals surface area contributed by atoms with Gasteiger partial charge in [0.05, 0.1) is 12.4 Å². The minimum atomic E-state index is -3.47. The van der Waals surface area contributed by atoms with E-state index in [9.17, 15) is 8.42 Å². The monoisotopic (exact) mass is 297 g/mol. The Kier molecular flexibility index (Phi) is 4.39. The van der Waals surface area contributed by atoms with E-state index < -0.39 is 10.0 Å². The zero-order valence-corrected chi connectivity index (χ0v) is 13.0. The summed E-state index contributed by atoms with van der Waals surface area (Å²) in [5, 5.41) is 5.25. The normalized spacial score (nSPS) is 18.1. The maximum atomic E-state index is 11.5. The minimum absolute atomic E-state index is 0.0188. The smallest absolute Gasteiger partial charge is 0.209 e. The molecule has 0 bridgehead atoms. The Morgan fingerprint density at radius 1 is 1.20 bits per heavy atom. The largest absolute Gasteiger partial charge is 0.492 e. The molecule has 0 atom stereocenters. The van der Waals surface area contributed by atoms with Crippen molar-refractivity contribution in [1.29, 1.82) is 0 Å². The molecule has 20 heavy (non-hydrogen) atoms. The van der Waals surface area contributed by atoms with E-state index in [0.717, 1.165) is 42.6 Å². The molecule has 0 spiro atoms. The van der Waals surface area contributed by atoms with Gasteiger partial charge in [0.25, 0.3) is 0 Å². The van der Waals surface area contributed by atoms with Gasteiger partial charge >= 0.3 is 0 Å². The van der Waals surface area contributed by atoms with Crippen LogP contribution in [0.15, 0.2) is 18.2 Å². The summed E-state index contributed by atoms with van der Waals surface area (Å²) in [6.07, 6.45) is 3.83. The van der Waals surface area contributed by atoms with Gasteiger partial charge in [-0.2, -0.15) is 0 Å². The van der Waals surface area contributed by atoms with Crippen LogP contribution >= 0.6 is 0 Å². The molecule has 0 unspecified atom stereocenters. The number of sulfonamides is 1. The number of primary sulfonamides is 1. The van der Waals surface area contributed by atoms with E-state index in [1.807, 2.05) is 32.0 Å². The minimum Gasteiger partial charge on any atom is -0.492 e. The van der Waals surface area contributed by atoms with Gasteiger partial charge in [-0.15, -0.1) is 0 Å². The second kappa shape index (κ2) is 5.74. The van der Waals surface area contributed by atoms with E-state index in [0.29, 0.717) is 6.61 Å². The summed E-state index contributed by atoms with van der Waals surface area (Å²) >= 11 is 0. The number of aryl methyl sites for hydroxylation is 2. The molecule has 0 radical (unpaired) electrons. The van der Waals surface area contributed by atoms with Gasteiger partial charge in [0.1, 0.15) is 5.75 Å². The van der Waals surface area contributed by atoms with E-state index in [1.165, 1.54) is 0 Å². The summed E-state index contributed by atoms with van der Waals surface area (Å²) in [5.41, 5.74) is 1.84. The first-order chi connectivity index (χ1) is 9.31. The van der Waals surface area contributed by atoms with Crippen LogP contribution in [0.2, 0.25) is 0 Å². The maximum absolute atomic E-state index is 11.5. The number of hydrogen-bond donors (Lipinski definition) is 1. The highest BCUT2D eigenvalue weighted by atomic mass is 32.2. The zero-order valence-electron chi connectivity index (χ0n) is 12.2. The van der Waals surface area contributed by atoms with Crippen molar-refractivity contribution >= 4 is 10.0 Å². The highest BCUT2D eigenvalue weighted by molar-refractivity contribution is 7.89. The molecule has 1 saturated carbocycles. The fraction of sp³-hybridized carbons (Fsp3) is 0.600. The van der Waals surface area contributed by atoms with Gasteiger partial charge in [0, 0.05) is 5.41 Å². The third-order valence-electron chi connectivity index (χ3n) is 4.10. The van der Waals surface area contributed by atoms with Crippen molar-refractivity contribution in [2.75, 3.05) is 12.4 Å². The summed E-state index contributed by atoms with van der Waals surface area (Å²) < 4.78 is 28.9. The van der Waals surface area contributed by atoms with Crippen LogP contribution in [0.3, 0.4) is 0 Å². The van der Waals surface area contributed by atoms with Crippen LogP contribution in [0, 0.1) is 19.3 Å². The SMILES string of the molecule is Cc1cccc(C)c1OCC1(CS(N)(=O)=O)CCCC1. The average molecular weight is 297 g/mol. The van der Waals surface area contributed by atoms with Crippen molar-refractivity contribution in [2.45, 2.75) is 39.5 Å².